The molecule has 0 atom stereocenters. The van der Waals surface area contributed by atoms with E-state index in [-0.39, 0.29) is 5.75 Å². The van der Waals surface area contributed by atoms with Gasteiger partial charge in [0.15, 0.2) is 11.5 Å². The van der Waals surface area contributed by atoms with Gasteiger partial charge in [0.1, 0.15) is 0 Å². The van der Waals surface area contributed by atoms with Crippen molar-refractivity contribution < 1.29 is 9.84 Å². The molecular formula is C10H13NO2. The van der Waals surface area contributed by atoms with Crippen LogP contribution in [0.3, 0.4) is 0 Å². The number of hydrogen-bond acceptors (Lipinski definition) is 3. The summed E-state index contributed by atoms with van der Waals surface area (Å²) in [6, 6.07) is 5.54. The lowest BCUT2D eigenvalue weighted by Crippen LogP contribution is -2.39. The highest BCUT2D eigenvalue weighted by atomic mass is 16.5. The Morgan fingerprint density at radius 2 is 2.23 bits per heavy atom. The van der Waals surface area contributed by atoms with Gasteiger partial charge in [0.2, 0.25) is 0 Å². The number of aromatic hydroxyl groups is 1. The van der Waals surface area contributed by atoms with E-state index in [1.165, 1.54) is 5.56 Å². The molecule has 0 unspecified atom stereocenters. The van der Waals surface area contributed by atoms with Crippen LogP contribution in [0.15, 0.2) is 18.2 Å². The van der Waals surface area contributed by atoms with Crippen LogP contribution in [0.2, 0.25) is 0 Å². The maximum atomic E-state index is 9.37. The van der Waals surface area contributed by atoms with E-state index >= 15 is 0 Å². The summed E-state index contributed by atoms with van der Waals surface area (Å²) in [5.74, 6) is 1.34. The van der Waals surface area contributed by atoms with Crippen LogP contribution in [0.4, 0.5) is 0 Å². The summed E-state index contributed by atoms with van der Waals surface area (Å²) in [6.07, 6.45) is 0. The summed E-state index contributed by atoms with van der Waals surface area (Å²) in [7, 11) is 1.57. The molecule has 0 bridgehead atoms. The Kier molecular flexibility index (Phi) is 2.10. The van der Waals surface area contributed by atoms with Gasteiger partial charge in [-0.25, -0.2) is 0 Å². The topological polar surface area (TPSA) is 41.5 Å². The molecule has 0 aliphatic carbocycles. The zero-order chi connectivity index (χ0) is 9.26. The summed E-state index contributed by atoms with van der Waals surface area (Å²) in [5.41, 5.74) is 1.23. The van der Waals surface area contributed by atoms with E-state index < -0.39 is 0 Å². The molecule has 1 aliphatic rings. The minimum Gasteiger partial charge on any atom is -0.504 e. The fourth-order valence-electron chi connectivity index (χ4n) is 1.47. The highest BCUT2D eigenvalue weighted by molar-refractivity contribution is 5.43. The summed E-state index contributed by atoms with van der Waals surface area (Å²) < 4.78 is 5.03. The molecule has 1 aliphatic heterocycles. The van der Waals surface area contributed by atoms with Crippen molar-refractivity contribution in [2.45, 2.75) is 5.92 Å². The van der Waals surface area contributed by atoms with E-state index in [0.717, 1.165) is 13.1 Å². The van der Waals surface area contributed by atoms with E-state index in [4.69, 9.17) is 4.74 Å². The molecule has 1 saturated heterocycles. The fourth-order valence-corrected chi connectivity index (χ4v) is 1.47. The third-order valence-electron chi connectivity index (χ3n) is 2.46. The first-order valence-corrected chi connectivity index (χ1v) is 4.39. The van der Waals surface area contributed by atoms with Gasteiger partial charge in [-0.05, 0) is 17.7 Å². The highest BCUT2D eigenvalue weighted by Crippen LogP contribution is 2.30. The molecule has 0 radical (unpaired) electrons. The molecule has 0 aromatic heterocycles. The van der Waals surface area contributed by atoms with Gasteiger partial charge < -0.3 is 15.2 Å². The molecule has 1 heterocycles. The monoisotopic (exact) mass is 179 g/mol. The fraction of sp³-hybridized carbons (Fsp3) is 0.400. The molecular weight excluding hydrogens is 166 g/mol. The normalized spacial score (nSPS) is 16.7. The smallest absolute Gasteiger partial charge is 0.160 e. The van der Waals surface area contributed by atoms with Gasteiger partial charge in [-0.15, -0.1) is 0 Å². The number of phenols is 1. The van der Waals surface area contributed by atoms with E-state index in [9.17, 15) is 5.11 Å². The Labute approximate surface area is 77.3 Å². The lowest BCUT2D eigenvalue weighted by atomic mass is 9.93. The Bertz CT molecular complexity index is 308. The predicted molar refractivity (Wildman–Crippen MR) is 50.3 cm³/mol. The Balaban J connectivity index is 2.26. The van der Waals surface area contributed by atoms with Crippen molar-refractivity contribution in [3.05, 3.63) is 23.8 Å². The highest BCUT2D eigenvalue weighted by Gasteiger charge is 2.19. The first-order chi connectivity index (χ1) is 6.31. The van der Waals surface area contributed by atoms with Gasteiger partial charge >= 0.3 is 0 Å². The van der Waals surface area contributed by atoms with Crippen LogP contribution in [0.1, 0.15) is 11.5 Å². The maximum absolute atomic E-state index is 9.37. The number of nitrogens with one attached hydrogen (secondary N) is 1. The van der Waals surface area contributed by atoms with E-state index in [1.54, 1.807) is 13.2 Å². The lowest BCUT2D eigenvalue weighted by Gasteiger charge is -2.27. The van der Waals surface area contributed by atoms with Crippen molar-refractivity contribution in [2.24, 2.45) is 0 Å². The molecule has 3 nitrogen and oxygen atoms in total. The van der Waals surface area contributed by atoms with Gasteiger partial charge in [0, 0.05) is 19.0 Å². The van der Waals surface area contributed by atoms with Gasteiger partial charge in [-0.1, -0.05) is 6.07 Å². The van der Waals surface area contributed by atoms with Crippen LogP contribution >= 0.6 is 0 Å². The molecule has 1 aromatic carbocycles. The molecule has 0 spiro atoms. The number of hydrogen-bond donors (Lipinski definition) is 2. The molecule has 1 fully saturated rings. The van der Waals surface area contributed by atoms with E-state index in [2.05, 4.69) is 5.32 Å². The first kappa shape index (κ1) is 8.38. The number of ether oxygens (including phenoxy) is 1. The number of rotatable bonds is 2. The first-order valence-electron chi connectivity index (χ1n) is 4.39. The van der Waals surface area contributed by atoms with Crippen molar-refractivity contribution in [2.75, 3.05) is 20.2 Å². The molecule has 0 amide bonds. The minimum absolute atomic E-state index is 0.207. The van der Waals surface area contributed by atoms with Gasteiger partial charge in [0.25, 0.3) is 0 Å². The summed E-state index contributed by atoms with van der Waals surface area (Å²) in [4.78, 5) is 0. The quantitative estimate of drug-likeness (QED) is 0.714. The number of benzene rings is 1. The second kappa shape index (κ2) is 3.26. The summed E-state index contributed by atoms with van der Waals surface area (Å²) in [5, 5.41) is 12.6. The van der Waals surface area contributed by atoms with Crippen LogP contribution in [-0.4, -0.2) is 25.3 Å². The van der Waals surface area contributed by atoms with Crippen molar-refractivity contribution >= 4 is 0 Å². The molecule has 0 saturated carbocycles. The molecule has 1 aromatic rings. The van der Waals surface area contributed by atoms with Gasteiger partial charge in [0.05, 0.1) is 7.11 Å². The average Bonchev–Trinajstić information content (AvgIpc) is 2.05. The minimum atomic E-state index is 0.207. The molecule has 70 valence electrons. The molecule has 13 heavy (non-hydrogen) atoms. The largest absolute Gasteiger partial charge is 0.504 e. The van der Waals surface area contributed by atoms with Gasteiger partial charge in [-0.2, -0.15) is 0 Å². The van der Waals surface area contributed by atoms with Crippen molar-refractivity contribution in [3.63, 3.8) is 0 Å². The predicted octanol–water partition coefficient (Wildman–Crippen LogP) is 1.09. The summed E-state index contributed by atoms with van der Waals surface area (Å²) in [6.45, 7) is 2.04. The van der Waals surface area contributed by atoms with Crippen LogP contribution in [0.25, 0.3) is 0 Å². The van der Waals surface area contributed by atoms with Crippen molar-refractivity contribution in [3.8, 4) is 11.5 Å². The third kappa shape index (κ3) is 1.47. The molecule has 2 rings (SSSR count). The Hall–Kier alpha value is -1.22. The van der Waals surface area contributed by atoms with Crippen molar-refractivity contribution in [1.82, 2.24) is 5.32 Å². The average molecular weight is 179 g/mol. The second-order valence-electron chi connectivity index (χ2n) is 3.29. The van der Waals surface area contributed by atoms with E-state index in [1.807, 2.05) is 12.1 Å². The standard InChI is InChI=1S/C10H13NO2/c1-13-10-4-7(2-3-9(10)12)8-5-11-6-8/h2-4,8,11-12H,5-6H2,1H3. The van der Waals surface area contributed by atoms with Crippen LogP contribution in [0.5, 0.6) is 11.5 Å². The zero-order valence-electron chi connectivity index (χ0n) is 7.58. The zero-order valence-corrected chi connectivity index (χ0v) is 7.58. The molecule has 2 N–H and O–H groups in total. The van der Waals surface area contributed by atoms with Crippen LogP contribution < -0.4 is 10.1 Å². The second-order valence-corrected chi connectivity index (χ2v) is 3.29. The number of methoxy groups -OCH3 is 1. The van der Waals surface area contributed by atoms with E-state index in [0.29, 0.717) is 11.7 Å². The Morgan fingerprint density at radius 3 is 2.77 bits per heavy atom. The summed E-state index contributed by atoms with van der Waals surface area (Å²) >= 11 is 0. The van der Waals surface area contributed by atoms with Gasteiger partial charge in [-0.3, -0.25) is 0 Å². The molecule has 3 heteroatoms. The van der Waals surface area contributed by atoms with Crippen LogP contribution in [0, 0.1) is 0 Å². The van der Waals surface area contributed by atoms with Crippen molar-refractivity contribution in [1.29, 1.82) is 0 Å². The lowest BCUT2D eigenvalue weighted by molar-refractivity contribution is 0.370. The third-order valence-corrected chi connectivity index (χ3v) is 2.46. The number of phenolic OH excluding ortho intramolecular Hbond substituents is 1. The maximum Gasteiger partial charge on any atom is 0.160 e. The van der Waals surface area contributed by atoms with Crippen LogP contribution in [-0.2, 0) is 0 Å². The Morgan fingerprint density at radius 1 is 1.46 bits per heavy atom. The SMILES string of the molecule is COc1cc(C2CNC2)ccc1O.